The molecular weight excluding hydrogens is 599 g/mol. The van der Waals surface area contributed by atoms with Gasteiger partial charge < -0.3 is 15.0 Å². The van der Waals surface area contributed by atoms with Gasteiger partial charge in [-0.25, -0.2) is 0 Å². The van der Waals surface area contributed by atoms with E-state index in [1.807, 2.05) is 62.4 Å². The summed E-state index contributed by atoms with van der Waals surface area (Å²) in [6.07, 6.45) is 1.11. The Labute approximate surface area is 250 Å². The summed E-state index contributed by atoms with van der Waals surface area (Å²) in [7, 11) is 0. The summed E-state index contributed by atoms with van der Waals surface area (Å²) in [4.78, 5) is 29.0. The lowest BCUT2D eigenvalue weighted by Crippen LogP contribution is -2.53. The van der Waals surface area contributed by atoms with Gasteiger partial charge in [0.1, 0.15) is 11.8 Å². The predicted molar refractivity (Wildman–Crippen MR) is 163 cm³/mol. The van der Waals surface area contributed by atoms with E-state index >= 15 is 0 Å². The smallest absolute Gasteiger partial charge is 0.261 e. The second-order valence-corrected chi connectivity index (χ2v) is 11.6. The highest BCUT2D eigenvalue weighted by Gasteiger charge is 2.31. The molecule has 0 saturated heterocycles. The van der Waals surface area contributed by atoms with Crippen molar-refractivity contribution in [3.8, 4) is 5.75 Å². The lowest BCUT2D eigenvalue weighted by atomic mass is 10.0. The first kappa shape index (κ1) is 31.0. The van der Waals surface area contributed by atoms with Crippen LogP contribution >= 0.6 is 39.1 Å². The van der Waals surface area contributed by atoms with Gasteiger partial charge in [0.05, 0.1) is 4.47 Å². The number of carbonyl (C=O) groups excluding carboxylic acids is 2. The molecule has 0 radical (unpaired) electrons. The molecule has 0 fully saturated rings. The number of ether oxygens (including phenoxy) is 1. The highest BCUT2D eigenvalue weighted by atomic mass is 79.9. The molecule has 0 unspecified atom stereocenters. The summed E-state index contributed by atoms with van der Waals surface area (Å²) in [6.45, 7) is 8.06. The van der Waals surface area contributed by atoms with Gasteiger partial charge in [0.25, 0.3) is 5.91 Å². The molecule has 2 atom stereocenters. The van der Waals surface area contributed by atoms with Crippen LogP contribution in [0.3, 0.4) is 0 Å². The Morgan fingerprint density at radius 2 is 1.72 bits per heavy atom. The molecule has 0 aliphatic rings. The average Bonchev–Trinajstić information content (AvgIpc) is 2.91. The van der Waals surface area contributed by atoms with E-state index in [-0.39, 0.29) is 31.0 Å². The lowest BCUT2D eigenvalue weighted by Gasteiger charge is -2.32. The van der Waals surface area contributed by atoms with Crippen LogP contribution in [0.2, 0.25) is 10.0 Å². The Morgan fingerprint density at radius 3 is 2.33 bits per heavy atom. The molecular formula is C31H35BrCl2N2O3. The van der Waals surface area contributed by atoms with Crippen molar-refractivity contribution in [3.05, 3.63) is 97.9 Å². The van der Waals surface area contributed by atoms with Gasteiger partial charge in [-0.2, -0.15) is 0 Å². The fraction of sp³-hybridized carbons (Fsp3) is 0.355. The van der Waals surface area contributed by atoms with Gasteiger partial charge in [-0.15, -0.1) is 0 Å². The normalized spacial score (nSPS) is 12.6. The number of halogens is 3. The molecule has 0 bridgehead atoms. The Hall–Kier alpha value is -2.54. The summed E-state index contributed by atoms with van der Waals surface area (Å²) in [5.74, 6) is 0.357. The SMILES string of the molecule is CC[C@@H](C)NC(=O)[C@@H](Cc1ccccc1)N(Cc1ccc(Cl)cc1Cl)C(=O)COc1ccc(C(C)C)cc1Br. The van der Waals surface area contributed by atoms with Crippen molar-refractivity contribution in [1.82, 2.24) is 10.2 Å². The van der Waals surface area contributed by atoms with E-state index in [0.717, 1.165) is 22.0 Å². The molecule has 0 aromatic heterocycles. The van der Waals surface area contributed by atoms with Gasteiger partial charge in [-0.3, -0.25) is 9.59 Å². The zero-order valence-corrected chi connectivity index (χ0v) is 25.8. The second kappa shape index (κ2) is 14.7. The first-order valence-electron chi connectivity index (χ1n) is 13.1. The Kier molecular flexibility index (Phi) is 11.7. The van der Waals surface area contributed by atoms with E-state index in [1.54, 1.807) is 23.1 Å². The predicted octanol–water partition coefficient (Wildman–Crippen LogP) is 7.81. The molecule has 0 heterocycles. The van der Waals surface area contributed by atoms with E-state index in [0.29, 0.717) is 33.7 Å². The summed E-state index contributed by atoms with van der Waals surface area (Å²) in [5, 5.41) is 3.98. The first-order chi connectivity index (χ1) is 18.6. The minimum atomic E-state index is -0.781. The number of hydrogen-bond donors (Lipinski definition) is 1. The van der Waals surface area contributed by atoms with Crippen molar-refractivity contribution < 1.29 is 14.3 Å². The summed E-state index contributed by atoms with van der Waals surface area (Å²) >= 11 is 16.2. The molecule has 0 saturated carbocycles. The average molecular weight is 634 g/mol. The molecule has 0 spiro atoms. The fourth-order valence-corrected chi connectivity index (χ4v) is 5.02. The van der Waals surface area contributed by atoms with Crippen molar-refractivity contribution in [3.63, 3.8) is 0 Å². The zero-order valence-electron chi connectivity index (χ0n) is 22.7. The maximum Gasteiger partial charge on any atom is 0.261 e. The summed E-state index contributed by atoms with van der Waals surface area (Å²) in [6, 6.07) is 19.8. The molecule has 1 N–H and O–H groups in total. The van der Waals surface area contributed by atoms with Crippen LogP contribution in [0, 0.1) is 0 Å². The lowest BCUT2D eigenvalue weighted by molar-refractivity contribution is -0.143. The molecule has 5 nitrogen and oxygen atoms in total. The number of nitrogens with zero attached hydrogens (tertiary/aromatic N) is 1. The van der Waals surface area contributed by atoms with Gasteiger partial charge in [-0.1, -0.05) is 86.4 Å². The molecule has 3 rings (SSSR count). The molecule has 3 aromatic carbocycles. The van der Waals surface area contributed by atoms with Crippen LogP contribution in [-0.4, -0.2) is 35.4 Å². The monoisotopic (exact) mass is 632 g/mol. The number of carbonyl (C=O) groups is 2. The third-order valence-electron chi connectivity index (χ3n) is 6.60. The molecule has 8 heteroatoms. The minimum absolute atomic E-state index is 0.0430. The van der Waals surface area contributed by atoms with Gasteiger partial charge in [0.2, 0.25) is 5.91 Å². The van der Waals surface area contributed by atoms with Gasteiger partial charge in [0.15, 0.2) is 6.61 Å². The summed E-state index contributed by atoms with van der Waals surface area (Å²) in [5.41, 5.74) is 2.78. The third kappa shape index (κ3) is 8.99. The Bertz CT molecular complexity index is 1270. The highest BCUT2D eigenvalue weighted by molar-refractivity contribution is 9.10. The minimum Gasteiger partial charge on any atom is -0.483 e. The molecule has 39 heavy (non-hydrogen) atoms. The molecule has 0 aliphatic heterocycles. The van der Waals surface area contributed by atoms with E-state index < -0.39 is 6.04 Å². The largest absolute Gasteiger partial charge is 0.483 e. The van der Waals surface area contributed by atoms with Gasteiger partial charge in [0, 0.05) is 29.1 Å². The molecule has 2 amide bonds. The van der Waals surface area contributed by atoms with E-state index in [1.165, 1.54) is 0 Å². The van der Waals surface area contributed by atoms with Crippen LogP contribution in [0.15, 0.2) is 71.2 Å². The molecule has 0 aliphatic carbocycles. The first-order valence-corrected chi connectivity index (χ1v) is 14.6. The number of amides is 2. The van der Waals surface area contributed by atoms with Crippen LogP contribution in [0.5, 0.6) is 5.75 Å². The van der Waals surface area contributed by atoms with Crippen LogP contribution in [0.1, 0.15) is 56.7 Å². The van der Waals surface area contributed by atoms with Crippen molar-refractivity contribution in [1.29, 1.82) is 0 Å². The van der Waals surface area contributed by atoms with E-state index in [2.05, 4.69) is 35.1 Å². The number of hydrogen-bond acceptors (Lipinski definition) is 3. The van der Waals surface area contributed by atoms with Crippen LogP contribution in [-0.2, 0) is 22.6 Å². The van der Waals surface area contributed by atoms with E-state index in [9.17, 15) is 9.59 Å². The van der Waals surface area contributed by atoms with Crippen molar-refractivity contribution in [2.45, 2.75) is 65.1 Å². The van der Waals surface area contributed by atoms with Crippen LogP contribution in [0.25, 0.3) is 0 Å². The number of nitrogens with one attached hydrogen (secondary N) is 1. The van der Waals surface area contributed by atoms with Crippen molar-refractivity contribution >= 4 is 50.9 Å². The van der Waals surface area contributed by atoms with Crippen molar-refractivity contribution in [2.75, 3.05) is 6.61 Å². The number of benzene rings is 3. The maximum absolute atomic E-state index is 13.8. The molecule has 3 aromatic rings. The summed E-state index contributed by atoms with van der Waals surface area (Å²) < 4.78 is 6.73. The van der Waals surface area contributed by atoms with Gasteiger partial charge >= 0.3 is 0 Å². The quantitative estimate of drug-likeness (QED) is 0.221. The Balaban J connectivity index is 1.94. The maximum atomic E-state index is 13.8. The van der Waals surface area contributed by atoms with Crippen molar-refractivity contribution in [2.24, 2.45) is 0 Å². The second-order valence-electron chi connectivity index (χ2n) is 9.91. The third-order valence-corrected chi connectivity index (χ3v) is 7.81. The topological polar surface area (TPSA) is 58.6 Å². The highest BCUT2D eigenvalue weighted by Crippen LogP contribution is 2.29. The molecule has 208 valence electrons. The standard InChI is InChI=1S/C31H35BrCl2N2O3/c1-5-21(4)35-31(38)28(15-22-9-7-6-8-10-22)36(18-24-11-13-25(33)17-27(24)34)30(37)19-39-29-14-12-23(20(2)3)16-26(29)32/h6-14,16-17,20-21,28H,5,15,18-19H2,1-4H3,(H,35,38)/t21-,28-/m1/s1. The Morgan fingerprint density at radius 1 is 1.00 bits per heavy atom. The van der Waals surface area contributed by atoms with Crippen LogP contribution in [0.4, 0.5) is 0 Å². The number of rotatable bonds is 12. The fourth-order valence-electron chi connectivity index (χ4n) is 4.04. The van der Waals surface area contributed by atoms with E-state index in [4.69, 9.17) is 27.9 Å². The van der Waals surface area contributed by atoms with Gasteiger partial charge in [-0.05, 0) is 76.1 Å². The zero-order chi connectivity index (χ0) is 28.5. The van der Waals surface area contributed by atoms with Crippen LogP contribution < -0.4 is 10.1 Å².